The van der Waals surface area contributed by atoms with Crippen LogP contribution in [0.1, 0.15) is 12.0 Å². The molecule has 0 saturated carbocycles. The number of nitrogens with zero attached hydrogens (tertiary/aromatic N) is 2. The van der Waals surface area contributed by atoms with Crippen LogP contribution in [0.5, 0.6) is 0 Å². The van der Waals surface area contributed by atoms with E-state index in [0.717, 1.165) is 11.8 Å². The highest BCUT2D eigenvalue weighted by Crippen LogP contribution is 2.29. The Labute approximate surface area is 172 Å². The van der Waals surface area contributed by atoms with Crippen LogP contribution >= 0.6 is 11.8 Å². The van der Waals surface area contributed by atoms with E-state index in [1.54, 1.807) is 30.3 Å². The monoisotopic (exact) mass is 423 g/mol. The molecule has 150 valence electrons. The predicted molar refractivity (Wildman–Crippen MR) is 112 cm³/mol. The standard InChI is InChI=1S/C20H13N3O6S/c24-17(21-12-5-3-6-13(9-12)23(27)28)10-16-18(25)22-19(30-16)14-8-11-4-1-2-7-15(11)29-20(14)26/h1-9,16H,10H2,(H,21,24)/t16-/m0/s1. The summed E-state index contributed by atoms with van der Waals surface area (Å²) in [5.41, 5.74) is 0.0610. The fraction of sp³-hybridized carbons (Fsp3) is 0.100. The third-order valence-electron chi connectivity index (χ3n) is 4.32. The lowest BCUT2D eigenvalue weighted by Crippen LogP contribution is -2.21. The number of anilines is 1. The maximum Gasteiger partial charge on any atom is 0.346 e. The average Bonchev–Trinajstić information content (AvgIpc) is 3.07. The normalized spacial score (nSPS) is 15.8. The van der Waals surface area contributed by atoms with Crippen molar-refractivity contribution in [2.45, 2.75) is 11.7 Å². The van der Waals surface area contributed by atoms with Crippen LogP contribution in [0.2, 0.25) is 0 Å². The molecular formula is C20H13N3O6S. The van der Waals surface area contributed by atoms with Gasteiger partial charge in [-0.2, -0.15) is 0 Å². The molecule has 30 heavy (non-hydrogen) atoms. The molecule has 1 aromatic heterocycles. The van der Waals surface area contributed by atoms with E-state index in [0.29, 0.717) is 11.0 Å². The fourth-order valence-corrected chi connectivity index (χ4v) is 3.99. The van der Waals surface area contributed by atoms with E-state index in [4.69, 9.17) is 4.42 Å². The van der Waals surface area contributed by atoms with Gasteiger partial charge in [0.15, 0.2) is 0 Å². The van der Waals surface area contributed by atoms with E-state index in [-0.39, 0.29) is 28.4 Å². The minimum Gasteiger partial charge on any atom is -0.422 e. The summed E-state index contributed by atoms with van der Waals surface area (Å²) in [5.74, 6) is -1.03. The van der Waals surface area contributed by atoms with Gasteiger partial charge in [0.25, 0.3) is 11.6 Å². The number of nitro groups is 1. The Morgan fingerprint density at radius 3 is 2.77 bits per heavy atom. The first-order valence-electron chi connectivity index (χ1n) is 8.77. The van der Waals surface area contributed by atoms with Gasteiger partial charge in [-0.25, -0.2) is 9.79 Å². The molecule has 0 radical (unpaired) electrons. The van der Waals surface area contributed by atoms with Crippen molar-refractivity contribution in [3.05, 3.63) is 80.7 Å². The van der Waals surface area contributed by atoms with E-state index in [2.05, 4.69) is 10.3 Å². The van der Waals surface area contributed by atoms with Gasteiger partial charge >= 0.3 is 5.63 Å². The highest BCUT2D eigenvalue weighted by atomic mass is 32.2. The Bertz CT molecular complexity index is 1280. The number of carbonyl (C=O) groups is 2. The summed E-state index contributed by atoms with van der Waals surface area (Å²) in [7, 11) is 0. The van der Waals surface area contributed by atoms with Gasteiger partial charge < -0.3 is 9.73 Å². The number of amides is 2. The molecule has 0 spiro atoms. The molecule has 1 aliphatic rings. The molecule has 1 atom stereocenters. The van der Waals surface area contributed by atoms with Crippen LogP contribution in [0.3, 0.4) is 0 Å². The highest BCUT2D eigenvalue weighted by Gasteiger charge is 2.32. The third kappa shape index (κ3) is 3.98. The van der Waals surface area contributed by atoms with Crippen LogP contribution in [0, 0.1) is 10.1 Å². The van der Waals surface area contributed by atoms with E-state index >= 15 is 0 Å². The Morgan fingerprint density at radius 2 is 1.97 bits per heavy atom. The lowest BCUT2D eigenvalue weighted by atomic mass is 10.2. The van der Waals surface area contributed by atoms with Crippen LogP contribution in [0.25, 0.3) is 11.0 Å². The minimum absolute atomic E-state index is 0.159. The fourth-order valence-electron chi connectivity index (χ4n) is 2.92. The average molecular weight is 423 g/mol. The van der Waals surface area contributed by atoms with E-state index < -0.39 is 27.6 Å². The molecule has 10 heteroatoms. The second kappa shape index (κ2) is 7.91. The molecule has 2 aromatic carbocycles. The first-order chi connectivity index (χ1) is 14.4. The van der Waals surface area contributed by atoms with Crippen molar-refractivity contribution in [3.63, 3.8) is 0 Å². The molecule has 0 fully saturated rings. The second-order valence-corrected chi connectivity index (χ2v) is 7.60. The summed E-state index contributed by atoms with van der Waals surface area (Å²) < 4.78 is 5.27. The highest BCUT2D eigenvalue weighted by molar-refractivity contribution is 8.16. The molecule has 1 N–H and O–H groups in total. The zero-order chi connectivity index (χ0) is 21.3. The smallest absolute Gasteiger partial charge is 0.346 e. The van der Waals surface area contributed by atoms with Crippen molar-refractivity contribution >= 4 is 51.0 Å². The van der Waals surface area contributed by atoms with Crippen molar-refractivity contribution in [1.29, 1.82) is 0 Å². The zero-order valence-corrected chi connectivity index (χ0v) is 16.0. The van der Waals surface area contributed by atoms with Crippen LogP contribution in [0.15, 0.2) is 68.8 Å². The largest absolute Gasteiger partial charge is 0.422 e. The van der Waals surface area contributed by atoms with Gasteiger partial charge in [0.05, 0.1) is 10.5 Å². The first-order valence-corrected chi connectivity index (χ1v) is 9.65. The quantitative estimate of drug-likeness (QED) is 0.379. The SMILES string of the molecule is O=C(C[C@@H]1SC(c2cc3ccccc3oc2=O)=NC1=O)Nc1cccc([N+](=O)[O-])c1. The van der Waals surface area contributed by atoms with E-state index in [1.807, 2.05) is 0 Å². The van der Waals surface area contributed by atoms with Crippen LogP contribution in [-0.4, -0.2) is 27.0 Å². The number of fused-ring (bicyclic) bond motifs is 1. The summed E-state index contributed by atoms with van der Waals surface area (Å²) >= 11 is 1.01. The maximum absolute atomic E-state index is 12.3. The van der Waals surface area contributed by atoms with E-state index in [1.165, 1.54) is 24.3 Å². The van der Waals surface area contributed by atoms with Gasteiger partial charge in [0.1, 0.15) is 15.9 Å². The summed E-state index contributed by atoms with van der Waals surface area (Å²) in [6.07, 6.45) is -0.196. The second-order valence-electron chi connectivity index (χ2n) is 6.41. The van der Waals surface area contributed by atoms with E-state index in [9.17, 15) is 24.5 Å². The molecule has 0 unspecified atom stereocenters. The van der Waals surface area contributed by atoms with Crippen molar-refractivity contribution in [2.75, 3.05) is 5.32 Å². The van der Waals surface area contributed by atoms with Crippen molar-refractivity contribution in [1.82, 2.24) is 0 Å². The lowest BCUT2D eigenvalue weighted by molar-refractivity contribution is -0.384. The van der Waals surface area contributed by atoms with Gasteiger partial charge in [-0.15, -0.1) is 0 Å². The number of nitro benzene ring substituents is 1. The van der Waals surface area contributed by atoms with Crippen molar-refractivity contribution in [2.24, 2.45) is 4.99 Å². The number of rotatable bonds is 5. The predicted octanol–water partition coefficient (Wildman–Crippen LogP) is 3.12. The summed E-state index contributed by atoms with van der Waals surface area (Å²) in [5, 5.41) is 13.5. The van der Waals surface area contributed by atoms with Gasteiger partial charge in [-0.05, 0) is 18.2 Å². The molecular weight excluding hydrogens is 410 g/mol. The number of benzene rings is 2. The molecule has 2 heterocycles. The molecule has 0 saturated heterocycles. The molecule has 9 nitrogen and oxygen atoms in total. The molecule has 1 aliphatic heterocycles. The number of para-hydroxylation sites is 1. The molecule has 2 amide bonds. The number of thioether (sulfide) groups is 1. The molecule has 3 aromatic rings. The first kappa shape index (κ1) is 19.5. The van der Waals surface area contributed by atoms with Crippen LogP contribution in [0.4, 0.5) is 11.4 Å². The van der Waals surface area contributed by atoms with Crippen molar-refractivity contribution in [3.8, 4) is 0 Å². The van der Waals surface area contributed by atoms with Gasteiger partial charge in [0.2, 0.25) is 5.91 Å². The Morgan fingerprint density at radius 1 is 1.17 bits per heavy atom. The summed E-state index contributed by atoms with van der Waals surface area (Å²) in [6.45, 7) is 0. The Hall–Kier alpha value is -3.79. The minimum atomic E-state index is -0.801. The van der Waals surface area contributed by atoms with Crippen LogP contribution < -0.4 is 10.9 Å². The van der Waals surface area contributed by atoms with Crippen LogP contribution in [-0.2, 0) is 9.59 Å². The van der Waals surface area contributed by atoms with Crippen molar-refractivity contribution < 1.29 is 18.9 Å². The number of carbonyl (C=O) groups excluding carboxylic acids is 2. The zero-order valence-electron chi connectivity index (χ0n) is 15.2. The van der Waals surface area contributed by atoms with Gasteiger partial charge in [-0.3, -0.25) is 19.7 Å². The summed E-state index contributed by atoms with van der Waals surface area (Å²) in [4.78, 5) is 51.0. The van der Waals surface area contributed by atoms with Gasteiger partial charge in [0, 0.05) is 29.6 Å². The number of hydrogen-bond acceptors (Lipinski definition) is 7. The number of non-ortho nitro benzene ring substituents is 1. The summed E-state index contributed by atoms with van der Waals surface area (Å²) in [6, 6.07) is 14.1. The topological polar surface area (TPSA) is 132 Å². The number of nitrogens with one attached hydrogen (secondary N) is 1. The number of hydrogen-bond donors (Lipinski definition) is 1. The molecule has 0 aliphatic carbocycles. The number of aliphatic imine (C=N–C) groups is 1. The lowest BCUT2D eigenvalue weighted by Gasteiger charge is -2.08. The Balaban J connectivity index is 1.47. The molecule has 4 rings (SSSR count). The van der Waals surface area contributed by atoms with Gasteiger partial charge in [-0.1, -0.05) is 36.0 Å². The third-order valence-corrected chi connectivity index (χ3v) is 5.51. The molecule has 0 bridgehead atoms. The Kier molecular flexibility index (Phi) is 5.15. The maximum atomic E-state index is 12.3.